The second kappa shape index (κ2) is 3.71. The highest BCUT2D eigenvalue weighted by atomic mass is 14.7. The second-order valence-corrected chi connectivity index (χ2v) is 5.57. The van der Waals surface area contributed by atoms with Gasteiger partial charge in [-0.1, -0.05) is 85.0 Å². The minimum atomic E-state index is 0.138. The quantitative estimate of drug-likeness (QED) is 0.730. The third-order valence-electron chi connectivity index (χ3n) is 4.66. The van der Waals surface area contributed by atoms with E-state index >= 15 is 0 Å². The van der Waals surface area contributed by atoms with E-state index in [1.165, 1.54) is 17.5 Å². The van der Waals surface area contributed by atoms with Crippen molar-refractivity contribution in [2.75, 3.05) is 0 Å². The molecule has 0 atom stereocenters. The number of rotatable bonds is 2. The van der Waals surface area contributed by atoms with Gasteiger partial charge >= 0.3 is 0 Å². The van der Waals surface area contributed by atoms with Crippen molar-refractivity contribution in [3.05, 3.63) is 96.1 Å². The van der Waals surface area contributed by atoms with Crippen molar-refractivity contribution in [3.63, 3.8) is 0 Å². The fourth-order valence-electron chi connectivity index (χ4n) is 3.66. The predicted molar refractivity (Wildman–Crippen MR) is 79.0 cm³/mol. The van der Waals surface area contributed by atoms with Gasteiger partial charge in [0.2, 0.25) is 0 Å². The van der Waals surface area contributed by atoms with Crippen molar-refractivity contribution in [1.82, 2.24) is 0 Å². The van der Waals surface area contributed by atoms with Crippen LogP contribution in [0.15, 0.2) is 85.0 Å². The highest BCUT2D eigenvalue weighted by molar-refractivity contribution is 5.58. The summed E-state index contributed by atoms with van der Waals surface area (Å²) in [6.45, 7) is 0. The Labute approximate surface area is 114 Å². The molecule has 1 fully saturated rings. The molecule has 2 aromatic carbocycles. The summed E-state index contributed by atoms with van der Waals surface area (Å²) in [5, 5.41) is 0. The van der Waals surface area contributed by atoms with Gasteiger partial charge in [0.15, 0.2) is 0 Å². The molecule has 1 spiro atoms. The number of hydrogen-bond donors (Lipinski definition) is 0. The molecule has 19 heavy (non-hydrogen) atoms. The molecule has 0 radical (unpaired) electrons. The summed E-state index contributed by atoms with van der Waals surface area (Å²) in [5.74, 6) is 0. The zero-order valence-corrected chi connectivity index (χ0v) is 10.8. The van der Waals surface area contributed by atoms with Gasteiger partial charge in [-0.25, -0.2) is 0 Å². The molecule has 92 valence electrons. The smallest absolute Gasteiger partial charge is 0.0340 e. The molecule has 0 N–H and O–H groups in total. The summed E-state index contributed by atoms with van der Waals surface area (Å²) in [5.41, 5.74) is 3.20. The summed E-state index contributed by atoms with van der Waals surface area (Å²) in [7, 11) is 0. The molecule has 2 aliphatic carbocycles. The number of benzene rings is 2. The third-order valence-corrected chi connectivity index (χ3v) is 4.66. The number of hydrogen-bond acceptors (Lipinski definition) is 0. The van der Waals surface area contributed by atoms with Gasteiger partial charge in [0, 0.05) is 10.8 Å². The predicted octanol–water partition coefficient (Wildman–Crippen LogP) is 4.49. The van der Waals surface area contributed by atoms with E-state index in [1.807, 2.05) is 0 Å². The van der Waals surface area contributed by atoms with Gasteiger partial charge in [0.25, 0.3) is 0 Å². The average molecular weight is 244 g/mol. The Hall–Kier alpha value is -2.08. The molecule has 0 unspecified atom stereocenters. The van der Waals surface area contributed by atoms with Crippen LogP contribution in [-0.2, 0) is 5.41 Å². The van der Waals surface area contributed by atoms with E-state index in [0.717, 1.165) is 0 Å². The van der Waals surface area contributed by atoms with Crippen LogP contribution >= 0.6 is 0 Å². The molecule has 0 saturated heterocycles. The van der Waals surface area contributed by atoms with Gasteiger partial charge in [-0.15, -0.1) is 0 Å². The highest BCUT2D eigenvalue weighted by Gasteiger charge is 2.66. The topological polar surface area (TPSA) is 0 Å². The Morgan fingerprint density at radius 3 is 1.58 bits per heavy atom. The summed E-state index contributed by atoms with van der Waals surface area (Å²) in [4.78, 5) is 0. The highest BCUT2D eigenvalue weighted by Crippen LogP contribution is 2.70. The molecule has 0 heteroatoms. The summed E-state index contributed by atoms with van der Waals surface area (Å²) >= 11 is 0. The monoisotopic (exact) mass is 244 g/mol. The molecular weight excluding hydrogens is 228 g/mol. The molecule has 2 aromatic rings. The van der Waals surface area contributed by atoms with Crippen molar-refractivity contribution in [2.45, 2.75) is 11.8 Å². The fraction of sp³-hybridized carbons (Fsp3) is 0.158. The third kappa shape index (κ3) is 1.34. The van der Waals surface area contributed by atoms with Crippen molar-refractivity contribution >= 4 is 0 Å². The molecule has 1 saturated carbocycles. The maximum absolute atomic E-state index is 2.37. The minimum absolute atomic E-state index is 0.138. The standard InChI is InChI=1S/C19H16/c1-3-9-16(10-4-1)19(17-11-5-2-6-12-17)15-18(19)13-7-8-14-18/h1-14H,15H2. The molecule has 0 aromatic heterocycles. The average Bonchev–Trinajstić information content (AvgIpc) is 2.89. The van der Waals surface area contributed by atoms with E-state index < -0.39 is 0 Å². The lowest BCUT2D eigenvalue weighted by atomic mass is 9.81. The Morgan fingerprint density at radius 1 is 0.632 bits per heavy atom. The molecule has 0 nitrogen and oxygen atoms in total. The second-order valence-electron chi connectivity index (χ2n) is 5.57. The zero-order chi connectivity index (χ0) is 12.8. The van der Waals surface area contributed by atoms with Gasteiger partial charge in [-0.2, -0.15) is 0 Å². The molecule has 0 aliphatic heterocycles. The minimum Gasteiger partial charge on any atom is -0.0733 e. The Kier molecular flexibility index (Phi) is 2.11. The largest absolute Gasteiger partial charge is 0.0733 e. The maximum Gasteiger partial charge on any atom is 0.0340 e. The Bertz CT molecular complexity index is 595. The van der Waals surface area contributed by atoms with E-state index in [0.29, 0.717) is 0 Å². The van der Waals surface area contributed by atoms with Crippen molar-refractivity contribution in [2.24, 2.45) is 5.41 Å². The van der Waals surface area contributed by atoms with Gasteiger partial charge in [-0.05, 0) is 17.5 Å². The maximum atomic E-state index is 2.37. The summed E-state index contributed by atoms with van der Waals surface area (Å²) < 4.78 is 0. The normalized spacial score (nSPS) is 20.8. The first-order chi connectivity index (χ1) is 9.37. The summed E-state index contributed by atoms with van der Waals surface area (Å²) in [6.07, 6.45) is 10.3. The first-order valence-corrected chi connectivity index (χ1v) is 6.86. The molecule has 0 bridgehead atoms. The van der Waals surface area contributed by atoms with E-state index in [-0.39, 0.29) is 10.8 Å². The molecule has 2 aliphatic rings. The molecule has 4 rings (SSSR count). The fourth-order valence-corrected chi connectivity index (χ4v) is 3.66. The van der Waals surface area contributed by atoms with Crippen LogP contribution in [0.25, 0.3) is 0 Å². The van der Waals surface area contributed by atoms with E-state index in [4.69, 9.17) is 0 Å². The van der Waals surface area contributed by atoms with Gasteiger partial charge in [-0.3, -0.25) is 0 Å². The lowest BCUT2D eigenvalue weighted by Crippen LogP contribution is -2.16. The van der Waals surface area contributed by atoms with Crippen LogP contribution < -0.4 is 0 Å². The van der Waals surface area contributed by atoms with Gasteiger partial charge in [0.05, 0.1) is 0 Å². The van der Waals surface area contributed by atoms with Crippen molar-refractivity contribution in [1.29, 1.82) is 0 Å². The van der Waals surface area contributed by atoms with E-state index in [1.54, 1.807) is 0 Å². The Morgan fingerprint density at radius 2 is 1.11 bits per heavy atom. The summed E-state index contributed by atoms with van der Waals surface area (Å²) in [6, 6.07) is 21.8. The molecule has 0 amide bonds. The van der Waals surface area contributed by atoms with Gasteiger partial charge < -0.3 is 0 Å². The first-order valence-electron chi connectivity index (χ1n) is 6.86. The van der Waals surface area contributed by atoms with Crippen molar-refractivity contribution in [3.8, 4) is 0 Å². The van der Waals surface area contributed by atoms with Crippen LogP contribution in [0, 0.1) is 5.41 Å². The molecular formula is C19H16. The van der Waals surface area contributed by atoms with Crippen LogP contribution in [0.3, 0.4) is 0 Å². The van der Waals surface area contributed by atoms with Crippen LogP contribution in [0.4, 0.5) is 0 Å². The van der Waals surface area contributed by atoms with Crippen LogP contribution in [0.2, 0.25) is 0 Å². The molecule has 0 heterocycles. The zero-order valence-electron chi connectivity index (χ0n) is 10.8. The van der Waals surface area contributed by atoms with E-state index in [9.17, 15) is 0 Å². The van der Waals surface area contributed by atoms with E-state index in [2.05, 4.69) is 85.0 Å². The van der Waals surface area contributed by atoms with Crippen LogP contribution in [-0.4, -0.2) is 0 Å². The first kappa shape index (κ1) is 10.8. The van der Waals surface area contributed by atoms with Crippen LogP contribution in [0.5, 0.6) is 0 Å². The van der Waals surface area contributed by atoms with Gasteiger partial charge in [0.1, 0.15) is 0 Å². The number of allylic oxidation sites excluding steroid dienone is 4. The Balaban J connectivity index is 1.92. The van der Waals surface area contributed by atoms with Crippen LogP contribution in [0.1, 0.15) is 17.5 Å². The lowest BCUT2D eigenvalue weighted by molar-refractivity contribution is 0.690. The van der Waals surface area contributed by atoms with Crippen molar-refractivity contribution < 1.29 is 0 Å². The lowest BCUT2D eigenvalue weighted by Gasteiger charge is -2.22. The SMILES string of the molecule is C1=CC2(C=C1)CC2(c1ccccc1)c1ccccc1.